The zero-order valence-corrected chi connectivity index (χ0v) is 11.3. The van der Waals surface area contributed by atoms with Crippen LogP contribution >= 0.6 is 0 Å². The number of nitrogens with zero attached hydrogens (tertiary/aromatic N) is 1. The van der Waals surface area contributed by atoms with E-state index in [1.807, 2.05) is 0 Å². The first kappa shape index (κ1) is 15.3. The number of aliphatic carboxylic acids is 1. The van der Waals surface area contributed by atoms with Crippen molar-refractivity contribution in [2.75, 3.05) is 13.1 Å². The van der Waals surface area contributed by atoms with Crippen LogP contribution in [-0.2, 0) is 9.59 Å². The second-order valence-electron chi connectivity index (χ2n) is 4.86. The van der Waals surface area contributed by atoms with Crippen LogP contribution in [0.2, 0.25) is 0 Å². The number of likely N-dealkylation sites (tertiary alicyclic amines) is 1. The third kappa shape index (κ3) is 3.15. The highest BCUT2D eigenvalue weighted by Crippen LogP contribution is 2.19. The standard InChI is InChI=1S/C12H21N3O4/c1-3-12(4-2,10(17)18)14-11(19)15-6-5-8(7-15)9(13)16/h8H,3-7H2,1-2H3,(H2,13,16)(H,14,19)(H,17,18). The number of rotatable bonds is 5. The first-order chi connectivity index (χ1) is 8.86. The van der Waals surface area contributed by atoms with Crippen LogP contribution in [0.25, 0.3) is 0 Å². The molecule has 108 valence electrons. The molecule has 1 aliphatic heterocycles. The van der Waals surface area contributed by atoms with Crippen LogP contribution in [-0.4, -0.2) is 46.5 Å². The average Bonchev–Trinajstić information content (AvgIpc) is 2.85. The number of nitrogens with two attached hydrogens (primary N) is 1. The topological polar surface area (TPSA) is 113 Å². The molecule has 0 spiro atoms. The molecule has 7 nitrogen and oxygen atoms in total. The molecule has 0 aromatic carbocycles. The molecule has 3 amide bonds. The van der Waals surface area contributed by atoms with Crippen LogP contribution in [0.15, 0.2) is 0 Å². The van der Waals surface area contributed by atoms with Crippen molar-refractivity contribution >= 4 is 17.9 Å². The second kappa shape index (κ2) is 5.90. The molecule has 0 aromatic heterocycles. The first-order valence-corrected chi connectivity index (χ1v) is 6.46. The van der Waals surface area contributed by atoms with Crippen molar-refractivity contribution in [1.29, 1.82) is 0 Å². The highest BCUT2D eigenvalue weighted by Gasteiger charge is 2.39. The van der Waals surface area contributed by atoms with Gasteiger partial charge in [0.1, 0.15) is 5.54 Å². The van der Waals surface area contributed by atoms with Gasteiger partial charge in [-0.05, 0) is 19.3 Å². The molecule has 0 saturated carbocycles. The third-order valence-electron chi connectivity index (χ3n) is 3.84. The first-order valence-electron chi connectivity index (χ1n) is 6.46. The molecule has 0 aliphatic carbocycles. The highest BCUT2D eigenvalue weighted by molar-refractivity contribution is 5.87. The van der Waals surface area contributed by atoms with E-state index in [-0.39, 0.29) is 12.5 Å². The van der Waals surface area contributed by atoms with Gasteiger partial charge in [0.2, 0.25) is 5.91 Å². The predicted octanol–water partition coefficient (Wildman–Crippen LogP) is 0.147. The second-order valence-corrected chi connectivity index (χ2v) is 4.86. The van der Waals surface area contributed by atoms with E-state index in [0.29, 0.717) is 25.8 Å². The minimum absolute atomic E-state index is 0.254. The zero-order chi connectivity index (χ0) is 14.6. The summed E-state index contributed by atoms with van der Waals surface area (Å²) in [5.41, 5.74) is 3.95. The lowest BCUT2D eigenvalue weighted by atomic mass is 9.93. The molecule has 1 rings (SSSR count). The minimum atomic E-state index is -1.25. The zero-order valence-electron chi connectivity index (χ0n) is 11.3. The maximum Gasteiger partial charge on any atom is 0.329 e. The van der Waals surface area contributed by atoms with Crippen molar-refractivity contribution < 1.29 is 19.5 Å². The summed E-state index contributed by atoms with van der Waals surface area (Å²) in [5.74, 6) is -1.81. The van der Waals surface area contributed by atoms with Crippen molar-refractivity contribution in [2.45, 2.75) is 38.6 Å². The van der Waals surface area contributed by atoms with Crippen LogP contribution in [0.4, 0.5) is 4.79 Å². The summed E-state index contributed by atoms with van der Waals surface area (Å²) in [6.07, 6.45) is 1.14. The third-order valence-corrected chi connectivity index (χ3v) is 3.84. The molecular weight excluding hydrogens is 250 g/mol. The van der Waals surface area contributed by atoms with E-state index >= 15 is 0 Å². The fourth-order valence-corrected chi connectivity index (χ4v) is 2.24. The van der Waals surface area contributed by atoms with Gasteiger partial charge in [-0.1, -0.05) is 13.8 Å². The summed E-state index contributed by atoms with van der Waals surface area (Å²) in [5, 5.41) is 11.8. The molecular formula is C12H21N3O4. The van der Waals surface area contributed by atoms with Gasteiger partial charge < -0.3 is 21.1 Å². The van der Waals surface area contributed by atoms with Crippen LogP contribution in [0, 0.1) is 5.92 Å². The van der Waals surface area contributed by atoms with Gasteiger partial charge in [-0.2, -0.15) is 0 Å². The number of carbonyl (C=O) groups excluding carboxylic acids is 2. The number of carbonyl (C=O) groups is 3. The van der Waals surface area contributed by atoms with Crippen molar-refractivity contribution in [2.24, 2.45) is 11.7 Å². The maximum atomic E-state index is 12.1. The summed E-state index contributed by atoms with van der Waals surface area (Å²) >= 11 is 0. The molecule has 0 radical (unpaired) electrons. The Bertz CT molecular complexity index is 379. The van der Waals surface area contributed by atoms with E-state index < -0.39 is 23.4 Å². The number of hydrogen-bond donors (Lipinski definition) is 3. The van der Waals surface area contributed by atoms with Crippen molar-refractivity contribution in [1.82, 2.24) is 10.2 Å². The molecule has 1 atom stereocenters. The van der Waals surface area contributed by atoms with E-state index in [1.54, 1.807) is 13.8 Å². The quantitative estimate of drug-likeness (QED) is 0.660. The van der Waals surface area contributed by atoms with Crippen LogP contribution in [0.5, 0.6) is 0 Å². The van der Waals surface area contributed by atoms with E-state index in [1.165, 1.54) is 4.90 Å². The Morgan fingerprint density at radius 1 is 1.37 bits per heavy atom. The van der Waals surface area contributed by atoms with Crippen molar-refractivity contribution in [3.8, 4) is 0 Å². The van der Waals surface area contributed by atoms with Gasteiger partial charge in [0.05, 0.1) is 5.92 Å². The molecule has 4 N–H and O–H groups in total. The van der Waals surface area contributed by atoms with E-state index in [9.17, 15) is 19.5 Å². The van der Waals surface area contributed by atoms with Crippen LogP contribution in [0.3, 0.4) is 0 Å². The summed E-state index contributed by atoms with van der Waals surface area (Å²) in [6.45, 7) is 4.11. The SMILES string of the molecule is CCC(CC)(NC(=O)N1CCC(C(N)=O)C1)C(=O)O. The van der Waals surface area contributed by atoms with Crippen LogP contribution in [0.1, 0.15) is 33.1 Å². The van der Waals surface area contributed by atoms with E-state index in [2.05, 4.69) is 5.32 Å². The van der Waals surface area contributed by atoms with Gasteiger partial charge >= 0.3 is 12.0 Å². The number of carboxylic acid groups (broad SMARTS) is 1. The van der Waals surface area contributed by atoms with Crippen molar-refractivity contribution in [3.05, 3.63) is 0 Å². The number of carboxylic acids is 1. The molecule has 0 bridgehead atoms. The summed E-state index contributed by atoms with van der Waals surface area (Å²) in [4.78, 5) is 35.8. The van der Waals surface area contributed by atoms with Gasteiger partial charge in [0.15, 0.2) is 0 Å². The molecule has 1 fully saturated rings. The molecule has 7 heteroatoms. The van der Waals surface area contributed by atoms with E-state index in [4.69, 9.17) is 5.73 Å². The lowest BCUT2D eigenvalue weighted by molar-refractivity contribution is -0.144. The fraction of sp³-hybridized carbons (Fsp3) is 0.750. The number of hydrogen-bond acceptors (Lipinski definition) is 3. The maximum absolute atomic E-state index is 12.1. The largest absolute Gasteiger partial charge is 0.480 e. The Labute approximate surface area is 112 Å². The molecule has 1 saturated heterocycles. The Balaban J connectivity index is 2.69. The van der Waals surface area contributed by atoms with Crippen molar-refractivity contribution in [3.63, 3.8) is 0 Å². The average molecular weight is 271 g/mol. The lowest BCUT2D eigenvalue weighted by Gasteiger charge is -2.30. The Morgan fingerprint density at radius 2 is 1.95 bits per heavy atom. The number of primary amides is 1. The van der Waals surface area contributed by atoms with Gasteiger partial charge in [0, 0.05) is 13.1 Å². The Kier molecular flexibility index (Phi) is 4.74. The smallest absolute Gasteiger partial charge is 0.329 e. The summed E-state index contributed by atoms with van der Waals surface area (Å²) < 4.78 is 0. The summed E-state index contributed by atoms with van der Waals surface area (Å²) in [7, 11) is 0. The van der Waals surface area contributed by atoms with Gasteiger partial charge in [0.25, 0.3) is 0 Å². The van der Waals surface area contributed by atoms with Gasteiger partial charge in [-0.25, -0.2) is 9.59 Å². The molecule has 1 heterocycles. The van der Waals surface area contributed by atoms with E-state index in [0.717, 1.165) is 0 Å². The monoisotopic (exact) mass is 271 g/mol. The highest BCUT2D eigenvalue weighted by atomic mass is 16.4. The fourth-order valence-electron chi connectivity index (χ4n) is 2.24. The molecule has 1 unspecified atom stereocenters. The molecule has 19 heavy (non-hydrogen) atoms. The van der Waals surface area contributed by atoms with Gasteiger partial charge in [-0.3, -0.25) is 4.79 Å². The normalized spacial score (nSPS) is 19.3. The predicted molar refractivity (Wildman–Crippen MR) is 68.4 cm³/mol. The number of nitrogens with one attached hydrogen (secondary N) is 1. The Morgan fingerprint density at radius 3 is 2.32 bits per heavy atom. The minimum Gasteiger partial charge on any atom is -0.480 e. The van der Waals surface area contributed by atoms with Crippen LogP contribution < -0.4 is 11.1 Å². The molecule has 0 aromatic rings. The molecule has 1 aliphatic rings. The Hall–Kier alpha value is -1.79. The number of amides is 3. The lowest BCUT2D eigenvalue weighted by Crippen LogP contribution is -2.57. The summed E-state index contributed by atoms with van der Waals surface area (Å²) in [6, 6.07) is -0.449. The number of urea groups is 1. The van der Waals surface area contributed by atoms with Gasteiger partial charge in [-0.15, -0.1) is 0 Å².